The highest BCUT2D eigenvalue weighted by Gasteiger charge is 2.80. The van der Waals surface area contributed by atoms with Gasteiger partial charge in [0.05, 0.1) is 9.85 Å². The van der Waals surface area contributed by atoms with Crippen molar-refractivity contribution in [3.05, 3.63) is 20.2 Å². The Morgan fingerprint density at radius 3 is 1.12 bits per heavy atom. The van der Waals surface area contributed by atoms with Gasteiger partial charge in [-0.3, -0.25) is 20.2 Å². The summed E-state index contributed by atoms with van der Waals surface area (Å²) < 4.78 is 0. The SMILES string of the molecule is O=[N+]([O-])C1(C2([N+](=O)[O-])N=NN=N2)N=NN=N1. The molecule has 0 amide bonds. The summed E-state index contributed by atoms with van der Waals surface area (Å²) in [6, 6.07) is 0. The molecule has 0 unspecified atom stereocenters. The summed E-state index contributed by atoms with van der Waals surface area (Å²) >= 11 is 0. The predicted molar refractivity (Wildman–Crippen MR) is 38.9 cm³/mol. The standard InChI is InChI=1S/C2N10O4/c13-11(14)1(3-7-8-4-1)2(12(15)16)5-9-10-6-2. The Morgan fingerprint density at radius 2 is 0.938 bits per heavy atom. The number of nitrogens with zero attached hydrogens (tertiary/aromatic N) is 10. The van der Waals surface area contributed by atoms with Crippen molar-refractivity contribution < 1.29 is 9.85 Å². The van der Waals surface area contributed by atoms with E-state index in [1.807, 2.05) is 0 Å². The van der Waals surface area contributed by atoms with Crippen LogP contribution in [0.4, 0.5) is 0 Å². The molecule has 0 fully saturated rings. The van der Waals surface area contributed by atoms with Gasteiger partial charge < -0.3 is 0 Å². The van der Waals surface area contributed by atoms with Crippen LogP contribution in [-0.2, 0) is 0 Å². The molecule has 0 aromatic rings. The van der Waals surface area contributed by atoms with Crippen molar-refractivity contribution >= 4 is 0 Å². The highest BCUT2D eigenvalue weighted by molar-refractivity contribution is 4.93. The Morgan fingerprint density at radius 1 is 0.688 bits per heavy atom. The van der Waals surface area contributed by atoms with Gasteiger partial charge in [-0.25, -0.2) is 0 Å². The largest absolute Gasteiger partial charge is 0.567 e. The molecule has 0 spiro atoms. The molecule has 0 radical (unpaired) electrons. The third-order valence-electron chi connectivity index (χ3n) is 1.78. The first-order chi connectivity index (χ1) is 7.55. The van der Waals surface area contributed by atoms with Crippen LogP contribution in [0.1, 0.15) is 0 Å². The van der Waals surface area contributed by atoms with Crippen molar-refractivity contribution in [3.63, 3.8) is 0 Å². The monoisotopic (exact) mass is 228 g/mol. The first-order valence-corrected chi connectivity index (χ1v) is 3.52. The first-order valence-electron chi connectivity index (χ1n) is 3.52. The molecule has 0 aromatic carbocycles. The number of nitro groups is 2. The van der Waals surface area contributed by atoms with Crippen LogP contribution in [0.5, 0.6) is 0 Å². The lowest BCUT2D eigenvalue weighted by molar-refractivity contribution is -0.682. The quantitative estimate of drug-likeness (QED) is 0.503. The van der Waals surface area contributed by atoms with Gasteiger partial charge >= 0.3 is 11.6 Å². The Hall–Kier alpha value is -2.80. The average molecular weight is 228 g/mol. The molecule has 0 aromatic heterocycles. The maximum absolute atomic E-state index is 10.8. The van der Waals surface area contributed by atoms with E-state index in [0.29, 0.717) is 0 Å². The van der Waals surface area contributed by atoms with Crippen LogP contribution in [0, 0.1) is 20.2 Å². The fourth-order valence-electron chi connectivity index (χ4n) is 1.03. The fourth-order valence-corrected chi connectivity index (χ4v) is 1.03. The lowest BCUT2D eigenvalue weighted by Gasteiger charge is -2.15. The van der Waals surface area contributed by atoms with E-state index in [9.17, 15) is 20.2 Å². The second kappa shape index (κ2) is 2.84. The maximum Gasteiger partial charge on any atom is 0.567 e. The molecule has 0 saturated heterocycles. The minimum atomic E-state index is -2.89. The van der Waals surface area contributed by atoms with Crippen molar-refractivity contribution in [2.45, 2.75) is 11.6 Å². The van der Waals surface area contributed by atoms with Crippen molar-refractivity contribution in [2.75, 3.05) is 0 Å². The molecule has 2 aliphatic heterocycles. The van der Waals surface area contributed by atoms with E-state index in [4.69, 9.17) is 0 Å². The highest BCUT2D eigenvalue weighted by Crippen LogP contribution is 2.40. The van der Waals surface area contributed by atoms with E-state index in [1.165, 1.54) is 0 Å². The van der Waals surface area contributed by atoms with E-state index >= 15 is 0 Å². The summed E-state index contributed by atoms with van der Waals surface area (Å²) in [7, 11) is 0. The molecule has 2 aliphatic rings. The molecule has 2 heterocycles. The predicted octanol–water partition coefficient (Wildman–Crippen LogP) is 0.513. The number of rotatable bonds is 3. The third-order valence-corrected chi connectivity index (χ3v) is 1.78. The van der Waals surface area contributed by atoms with Crippen LogP contribution in [0.25, 0.3) is 0 Å². The molecule has 0 N–H and O–H groups in total. The smallest absolute Gasteiger partial charge is 0.260 e. The molecule has 0 saturated carbocycles. The van der Waals surface area contributed by atoms with Crippen LogP contribution in [0.15, 0.2) is 41.4 Å². The van der Waals surface area contributed by atoms with Gasteiger partial charge in [0.15, 0.2) is 0 Å². The Labute approximate surface area is 84.1 Å². The summed E-state index contributed by atoms with van der Waals surface area (Å²) in [6.07, 6.45) is 0. The first kappa shape index (κ1) is 9.74. The van der Waals surface area contributed by atoms with Gasteiger partial charge in [0, 0.05) is 0 Å². The lowest BCUT2D eigenvalue weighted by Crippen LogP contribution is -2.57. The van der Waals surface area contributed by atoms with Crippen LogP contribution in [-0.4, -0.2) is 21.4 Å². The second-order valence-electron chi connectivity index (χ2n) is 2.54. The molecule has 14 heteroatoms. The molecular formula is C2N10O4. The van der Waals surface area contributed by atoms with Gasteiger partial charge in [0.1, 0.15) is 0 Å². The van der Waals surface area contributed by atoms with Crippen LogP contribution >= 0.6 is 0 Å². The normalized spacial score (nSPS) is 22.8. The van der Waals surface area contributed by atoms with Gasteiger partial charge in [0.2, 0.25) is 0 Å². The molecule has 0 aliphatic carbocycles. The third kappa shape index (κ3) is 0.889. The summed E-state index contributed by atoms with van der Waals surface area (Å²) in [5.41, 5.74) is 0. The van der Waals surface area contributed by atoms with Gasteiger partial charge in [-0.05, 0) is 20.9 Å². The summed E-state index contributed by atoms with van der Waals surface area (Å²) in [5, 5.41) is 45.0. The molecule has 14 nitrogen and oxygen atoms in total. The summed E-state index contributed by atoms with van der Waals surface area (Å²) in [5.74, 6) is -5.78. The van der Waals surface area contributed by atoms with Gasteiger partial charge in [0.25, 0.3) is 0 Å². The number of hydrogen-bond donors (Lipinski definition) is 0. The summed E-state index contributed by atoms with van der Waals surface area (Å²) in [4.78, 5) is 19.3. The lowest BCUT2D eigenvalue weighted by atomic mass is 10.2. The van der Waals surface area contributed by atoms with E-state index in [-0.39, 0.29) is 0 Å². The zero-order valence-corrected chi connectivity index (χ0v) is 7.11. The topological polar surface area (TPSA) is 185 Å². The van der Waals surface area contributed by atoms with Gasteiger partial charge in [-0.1, -0.05) is 20.5 Å². The molecule has 0 bridgehead atoms. The van der Waals surface area contributed by atoms with E-state index in [1.54, 1.807) is 0 Å². The van der Waals surface area contributed by atoms with E-state index in [0.717, 1.165) is 0 Å². The van der Waals surface area contributed by atoms with Crippen molar-refractivity contribution in [3.8, 4) is 0 Å². The molecule has 0 atom stereocenters. The Kier molecular flexibility index (Phi) is 1.73. The van der Waals surface area contributed by atoms with Crippen LogP contribution < -0.4 is 0 Å². The maximum atomic E-state index is 10.8. The number of hydrogen-bond acceptors (Lipinski definition) is 12. The van der Waals surface area contributed by atoms with Crippen LogP contribution in [0.3, 0.4) is 0 Å². The minimum Gasteiger partial charge on any atom is -0.260 e. The van der Waals surface area contributed by atoms with Gasteiger partial charge in [-0.15, -0.1) is 0 Å². The van der Waals surface area contributed by atoms with Crippen molar-refractivity contribution in [1.29, 1.82) is 0 Å². The van der Waals surface area contributed by atoms with Crippen molar-refractivity contribution in [1.82, 2.24) is 0 Å². The zero-order chi connectivity index (χ0) is 11.8. The Bertz CT molecular complexity index is 405. The molecular weight excluding hydrogens is 228 g/mol. The minimum absolute atomic E-state index is 1.18. The molecule has 82 valence electrons. The zero-order valence-electron chi connectivity index (χ0n) is 7.11. The average Bonchev–Trinajstić information content (AvgIpc) is 2.88. The molecule has 2 rings (SSSR count). The van der Waals surface area contributed by atoms with Crippen LogP contribution in [0.2, 0.25) is 0 Å². The van der Waals surface area contributed by atoms with E-state index < -0.39 is 21.4 Å². The Balaban J connectivity index is 2.64. The fraction of sp³-hybridized carbons (Fsp3) is 1.00. The summed E-state index contributed by atoms with van der Waals surface area (Å²) in [6.45, 7) is 0. The second-order valence-corrected chi connectivity index (χ2v) is 2.54. The van der Waals surface area contributed by atoms with Gasteiger partial charge in [-0.2, -0.15) is 0 Å². The molecule has 16 heavy (non-hydrogen) atoms. The van der Waals surface area contributed by atoms with Crippen molar-refractivity contribution in [2.24, 2.45) is 41.4 Å². The highest BCUT2D eigenvalue weighted by atomic mass is 16.7. The van der Waals surface area contributed by atoms with E-state index in [2.05, 4.69) is 41.4 Å².